The fourth-order valence-corrected chi connectivity index (χ4v) is 2.42. The molecule has 1 saturated heterocycles. The van der Waals surface area contributed by atoms with Gasteiger partial charge in [0.1, 0.15) is 6.04 Å². The number of rotatable bonds is 7. The van der Waals surface area contributed by atoms with Gasteiger partial charge in [-0.2, -0.15) is 0 Å². The van der Waals surface area contributed by atoms with Crippen LogP contribution in [0.15, 0.2) is 30.3 Å². The van der Waals surface area contributed by atoms with Gasteiger partial charge in [-0.05, 0) is 18.4 Å². The predicted octanol–water partition coefficient (Wildman–Crippen LogP) is 0.521. The van der Waals surface area contributed by atoms with Crippen LogP contribution in [0, 0.1) is 0 Å². The van der Waals surface area contributed by atoms with Crippen LogP contribution in [0.25, 0.3) is 0 Å². The standard InChI is InChI=1S/C16H22N2O4/c19-15(12-18-8-10-22-11-9-18)17-14(16(20)21)7-6-13-4-2-1-3-5-13/h1-5,14H,6-12H2,(H,17,19)(H,20,21)/t14-/m0/s1. The lowest BCUT2D eigenvalue weighted by atomic mass is 10.1. The second-order valence-electron chi connectivity index (χ2n) is 5.37. The first kappa shape index (κ1) is 16.5. The van der Waals surface area contributed by atoms with Crippen LogP contribution in [0.3, 0.4) is 0 Å². The van der Waals surface area contributed by atoms with Crippen molar-refractivity contribution in [3.05, 3.63) is 35.9 Å². The summed E-state index contributed by atoms with van der Waals surface area (Å²) in [4.78, 5) is 25.2. The second kappa shape index (κ2) is 8.51. The molecule has 0 radical (unpaired) electrons. The quantitative estimate of drug-likeness (QED) is 0.768. The molecule has 0 unspecified atom stereocenters. The number of amides is 1. The van der Waals surface area contributed by atoms with Crippen molar-refractivity contribution < 1.29 is 19.4 Å². The Hall–Kier alpha value is -1.92. The predicted molar refractivity (Wildman–Crippen MR) is 81.6 cm³/mol. The van der Waals surface area contributed by atoms with Gasteiger partial charge in [0.15, 0.2) is 0 Å². The third-order valence-corrected chi connectivity index (χ3v) is 3.67. The number of morpholine rings is 1. The van der Waals surface area contributed by atoms with Crippen LogP contribution >= 0.6 is 0 Å². The van der Waals surface area contributed by atoms with Crippen LogP contribution < -0.4 is 5.32 Å². The van der Waals surface area contributed by atoms with E-state index in [1.54, 1.807) is 0 Å². The molecule has 1 aliphatic heterocycles. The molecule has 1 aliphatic rings. The van der Waals surface area contributed by atoms with E-state index in [9.17, 15) is 14.7 Å². The molecule has 0 aromatic heterocycles. The number of carbonyl (C=O) groups excluding carboxylic acids is 1. The number of carboxylic acid groups (broad SMARTS) is 1. The Morgan fingerprint density at radius 1 is 1.23 bits per heavy atom. The van der Waals surface area contributed by atoms with Gasteiger partial charge in [0.2, 0.25) is 5.91 Å². The minimum atomic E-state index is -0.994. The maximum absolute atomic E-state index is 12.0. The summed E-state index contributed by atoms with van der Waals surface area (Å²) < 4.78 is 5.22. The largest absolute Gasteiger partial charge is 0.480 e. The van der Waals surface area contributed by atoms with Crippen LogP contribution in [0.1, 0.15) is 12.0 Å². The van der Waals surface area contributed by atoms with E-state index < -0.39 is 12.0 Å². The Morgan fingerprint density at radius 2 is 1.91 bits per heavy atom. The van der Waals surface area contributed by atoms with Crippen molar-refractivity contribution in [3.63, 3.8) is 0 Å². The summed E-state index contributed by atoms with van der Waals surface area (Å²) in [6.07, 6.45) is 1.00. The van der Waals surface area contributed by atoms with Crippen molar-refractivity contribution in [2.45, 2.75) is 18.9 Å². The van der Waals surface area contributed by atoms with Crippen molar-refractivity contribution in [1.82, 2.24) is 10.2 Å². The maximum atomic E-state index is 12.0. The number of aryl methyl sites for hydroxylation is 1. The SMILES string of the molecule is O=C(CN1CCOCC1)N[C@@H](CCc1ccccc1)C(=O)O. The lowest BCUT2D eigenvalue weighted by molar-refractivity contribution is -0.142. The molecule has 0 saturated carbocycles. The molecule has 1 heterocycles. The molecule has 1 aromatic rings. The molecule has 1 fully saturated rings. The first-order valence-electron chi connectivity index (χ1n) is 7.51. The van der Waals surface area contributed by atoms with Crippen molar-refractivity contribution in [2.24, 2.45) is 0 Å². The third-order valence-electron chi connectivity index (χ3n) is 3.67. The lowest BCUT2D eigenvalue weighted by Crippen LogP contribution is -2.48. The van der Waals surface area contributed by atoms with Crippen LogP contribution in [0.5, 0.6) is 0 Å². The van der Waals surface area contributed by atoms with E-state index in [0.717, 1.165) is 5.56 Å². The second-order valence-corrected chi connectivity index (χ2v) is 5.37. The molecule has 6 nitrogen and oxygen atoms in total. The first-order valence-corrected chi connectivity index (χ1v) is 7.51. The van der Waals surface area contributed by atoms with Gasteiger partial charge in [-0.25, -0.2) is 4.79 Å². The molecule has 120 valence electrons. The highest BCUT2D eigenvalue weighted by atomic mass is 16.5. The number of nitrogens with one attached hydrogen (secondary N) is 1. The van der Waals surface area contributed by atoms with Crippen LogP contribution in [0.4, 0.5) is 0 Å². The number of hydrogen-bond donors (Lipinski definition) is 2. The highest BCUT2D eigenvalue weighted by molar-refractivity contribution is 5.84. The molecule has 22 heavy (non-hydrogen) atoms. The van der Waals surface area contributed by atoms with Gasteiger partial charge in [-0.15, -0.1) is 0 Å². The lowest BCUT2D eigenvalue weighted by Gasteiger charge is -2.26. The van der Waals surface area contributed by atoms with Gasteiger partial charge < -0.3 is 15.2 Å². The molecular formula is C16H22N2O4. The summed E-state index contributed by atoms with van der Waals surface area (Å²) >= 11 is 0. The Labute approximate surface area is 130 Å². The van der Waals surface area contributed by atoms with Crippen LogP contribution in [-0.4, -0.2) is 60.8 Å². The fraction of sp³-hybridized carbons (Fsp3) is 0.500. The Morgan fingerprint density at radius 3 is 2.55 bits per heavy atom. The highest BCUT2D eigenvalue weighted by Crippen LogP contribution is 2.05. The summed E-state index contributed by atoms with van der Waals surface area (Å²) in [6, 6.07) is 8.81. The van der Waals surface area contributed by atoms with Crippen molar-refractivity contribution in [3.8, 4) is 0 Å². The van der Waals surface area contributed by atoms with Gasteiger partial charge in [-0.3, -0.25) is 9.69 Å². The molecule has 6 heteroatoms. The smallest absolute Gasteiger partial charge is 0.326 e. The van der Waals surface area contributed by atoms with Gasteiger partial charge in [0, 0.05) is 13.1 Å². The van der Waals surface area contributed by atoms with E-state index in [1.807, 2.05) is 35.2 Å². The molecule has 2 rings (SSSR count). The van der Waals surface area contributed by atoms with E-state index in [2.05, 4.69) is 5.32 Å². The topological polar surface area (TPSA) is 78.9 Å². The Balaban J connectivity index is 1.80. The number of carboxylic acids is 1. The number of nitrogens with zero attached hydrogens (tertiary/aromatic N) is 1. The normalized spacial score (nSPS) is 16.9. The van der Waals surface area contributed by atoms with E-state index in [-0.39, 0.29) is 12.5 Å². The molecular weight excluding hydrogens is 284 g/mol. The molecule has 1 atom stereocenters. The van der Waals surface area contributed by atoms with Crippen molar-refractivity contribution in [2.75, 3.05) is 32.8 Å². The summed E-state index contributed by atoms with van der Waals surface area (Å²) in [6.45, 7) is 2.86. The monoisotopic (exact) mass is 306 g/mol. The molecule has 2 N–H and O–H groups in total. The molecule has 0 spiro atoms. The molecule has 0 bridgehead atoms. The summed E-state index contributed by atoms with van der Waals surface area (Å²) in [5.74, 6) is -1.24. The zero-order valence-corrected chi connectivity index (χ0v) is 12.5. The zero-order chi connectivity index (χ0) is 15.8. The van der Waals surface area contributed by atoms with E-state index in [4.69, 9.17) is 4.74 Å². The van der Waals surface area contributed by atoms with Crippen LogP contribution in [-0.2, 0) is 20.7 Å². The Bertz CT molecular complexity index is 486. The first-order chi connectivity index (χ1) is 10.6. The van der Waals surface area contributed by atoms with E-state index >= 15 is 0 Å². The number of aliphatic carboxylic acids is 1. The minimum absolute atomic E-state index is 0.221. The minimum Gasteiger partial charge on any atom is -0.480 e. The molecule has 1 aromatic carbocycles. The zero-order valence-electron chi connectivity index (χ0n) is 12.5. The number of carbonyl (C=O) groups is 2. The van der Waals surface area contributed by atoms with Gasteiger partial charge in [0.05, 0.1) is 19.8 Å². The summed E-state index contributed by atoms with van der Waals surface area (Å²) in [5.41, 5.74) is 1.07. The number of ether oxygens (including phenoxy) is 1. The molecule has 0 aliphatic carbocycles. The van der Waals surface area contributed by atoms with Crippen molar-refractivity contribution >= 4 is 11.9 Å². The Kier molecular flexibility index (Phi) is 6.36. The maximum Gasteiger partial charge on any atom is 0.326 e. The number of hydrogen-bond acceptors (Lipinski definition) is 4. The molecule has 1 amide bonds. The van der Waals surface area contributed by atoms with Crippen molar-refractivity contribution in [1.29, 1.82) is 0 Å². The van der Waals surface area contributed by atoms with Gasteiger partial charge in [0.25, 0.3) is 0 Å². The van der Waals surface area contributed by atoms with Gasteiger partial charge >= 0.3 is 5.97 Å². The average molecular weight is 306 g/mol. The fourth-order valence-electron chi connectivity index (χ4n) is 2.42. The van der Waals surface area contributed by atoms with E-state index in [0.29, 0.717) is 39.1 Å². The average Bonchev–Trinajstić information content (AvgIpc) is 2.53. The third kappa shape index (κ3) is 5.46. The van der Waals surface area contributed by atoms with E-state index in [1.165, 1.54) is 0 Å². The van der Waals surface area contributed by atoms with Gasteiger partial charge in [-0.1, -0.05) is 30.3 Å². The summed E-state index contributed by atoms with van der Waals surface area (Å²) in [7, 11) is 0. The van der Waals surface area contributed by atoms with Crippen LogP contribution in [0.2, 0.25) is 0 Å². The highest BCUT2D eigenvalue weighted by Gasteiger charge is 2.21. The summed E-state index contributed by atoms with van der Waals surface area (Å²) in [5, 5.41) is 11.9. The number of benzene rings is 1.